The van der Waals surface area contributed by atoms with Crippen LogP contribution in [0, 0.1) is 0 Å². The molecule has 1 aliphatic carbocycles. The van der Waals surface area contributed by atoms with Gasteiger partial charge in [-0.05, 0) is 40.8 Å². The highest BCUT2D eigenvalue weighted by Gasteiger charge is 2.20. The summed E-state index contributed by atoms with van der Waals surface area (Å²) in [6.45, 7) is 6.00. The summed E-state index contributed by atoms with van der Waals surface area (Å²) >= 11 is 0. The zero-order valence-electron chi connectivity index (χ0n) is 15.4. The van der Waals surface area contributed by atoms with Crippen molar-refractivity contribution in [1.29, 1.82) is 0 Å². The Hall–Kier alpha value is -3.45. The summed E-state index contributed by atoms with van der Waals surface area (Å²) in [5, 5.41) is 0. The normalized spacial score (nSPS) is 10.4. The van der Waals surface area contributed by atoms with E-state index in [1.54, 1.807) is 0 Å². The Bertz CT molecular complexity index is 948. The van der Waals surface area contributed by atoms with Crippen molar-refractivity contribution in [2.24, 2.45) is 0 Å². The fraction of sp³-hybridized carbons (Fsp3) is 0.0385. The molecule has 3 aromatic carbocycles. The average Bonchev–Trinajstić information content (AvgIpc) is 3.16. The van der Waals surface area contributed by atoms with Gasteiger partial charge in [0.15, 0.2) is 0 Å². The highest BCUT2D eigenvalue weighted by Crippen LogP contribution is 2.40. The Balaban J connectivity index is 0.000000223. The number of aromatic nitrogens is 1. The van der Waals surface area contributed by atoms with E-state index >= 15 is 0 Å². The minimum Gasteiger partial charge on any atom is -0.256 e. The SMILES string of the molecule is C=C.c1ccc(-c2cccc3c2Cc2ccccc2-3)nc1.c1ccccc1. The summed E-state index contributed by atoms with van der Waals surface area (Å²) in [6, 6.07) is 33.3. The van der Waals surface area contributed by atoms with Gasteiger partial charge in [0.2, 0.25) is 0 Å². The first-order valence-electron chi connectivity index (χ1n) is 9.05. The van der Waals surface area contributed by atoms with Crippen LogP contribution in [0.2, 0.25) is 0 Å². The first-order valence-corrected chi connectivity index (χ1v) is 9.05. The van der Waals surface area contributed by atoms with Gasteiger partial charge >= 0.3 is 0 Å². The lowest BCUT2D eigenvalue weighted by molar-refractivity contribution is 1.24. The topological polar surface area (TPSA) is 12.9 Å². The van der Waals surface area contributed by atoms with E-state index in [-0.39, 0.29) is 0 Å². The van der Waals surface area contributed by atoms with Crippen LogP contribution in [0.1, 0.15) is 11.1 Å². The van der Waals surface area contributed by atoms with Crippen LogP contribution in [0.25, 0.3) is 22.4 Å². The lowest BCUT2D eigenvalue weighted by atomic mass is 9.99. The quantitative estimate of drug-likeness (QED) is 0.303. The van der Waals surface area contributed by atoms with Crippen molar-refractivity contribution in [2.75, 3.05) is 0 Å². The molecule has 1 heterocycles. The molecule has 1 aliphatic rings. The highest BCUT2D eigenvalue weighted by molar-refractivity contribution is 5.83. The summed E-state index contributed by atoms with van der Waals surface area (Å²) in [6.07, 6.45) is 2.87. The average molecular weight is 349 g/mol. The van der Waals surface area contributed by atoms with Crippen molar-refractivity contribution in [3.63, 3.8) is 0 Å². The molecule has 1 nitrogen and oxygen atoms in total. The van der Waals surface area contributed by atoms with Crippen molar-refractivity contribution in [1.82, 2.24) is 4.98 Å². The lowest BCUT2D eigenvalue weighted by Crippen LogP contribution is -1.89. The van der Waals surface area contributed by atoms with Crippen LogP contribution in [-0.4, -0.2) is 4.98 Å². The molecule has 0 bridgehead atoms. The molecular formula is C26H23N. The van der Waals surface area contributed by atoms with E-state index in [2.05, 4.69) is 66.7 Å². The number of hydrogen-bond acceptors (Lipinski definition) is 1. The van der Waals surface area contributed by atoms with E-state index in [9.17, 15) is 0 Å². The standard InChI is InChI=1S/C18H13N.C6H6.C2H4/c1-2-7-14-13(6-1)12-17-15(14)8-5-9-16(17)18-10-3-4-11-19-18;1-2-4-6-5-3-1;1-2/h1-11H,12H2;1-6H;1-2H2. The third-order valence-corrected chi connectivity index (χ3v) is 4.46. The fourth-order valence-electron chi connectivity index (χ4n) is 3.30. The molecule has 5 rings (SSSR count). The second kappa shape index (κ2) is 9.30. The zero-order valence-corrected chi connectivity index (χ0v) is 15.4. The first kappa shape index (κ1) is 18.3. The molecule has 0 spiro atoms. The van der Waals surface area contributed by atoms with Crippen LogP contribution in [0.5, 0.6) is 0 Å². The first-order chi connectivity index (χ1) is 13.4. The number of pyridine rings is 1. The number of hydrogen-bond donors (Lipinski definition) is 0. The molecule has 0 aliphatic heterocycles. The molecule has 1 aromatic heterocycles. The minimum absolute atomic E-state index is 1.01. The summed E-state index contributed by atoms with van der Waals surface area (Å²) < 4.78 is 0. The molecule has 1 heteroatoms. The predicted molar refractivity (Wildman–Crippen MR) is 116 cm³/mol. The van der Waals surface area contributed by atoms with Gasteiger partial charge in [0.1, 0.15) is 0 Å². The van der Waals surface area contributed by atoms with Crippen LogP contribution in [0.15, 0.2) is 116 Å². The molecule has 0 fully saturated rings. The fourth-order valence-corrected chi connectivity index (χ4v) is 3.30. The second-order valence-corrected chi connectivity index (χ2v) is 6.04. The molecule has 0 saturated heterocycles. The summed E-state index contributed by atoms with van der Waals surface area (Å²) in [7, 11) is 0. The van der Waals surface area contributed by atoms with E-state index in [4.69, 9.17) is 0 Å². The van der Waals surface area contributed by atoms with Gasteiger partial charge in [0, 0.05) is 11.8 Å². The van der Waals surface area contributed by atoms with E-state index in [0.717, 1.165) is 12.1 Å². The van der Waals surface area contributed by atoms with Crippen LogP contribution in [-0.2, 0) is 6.42 Å². The van der Waals surface area contributed by atoms with E-state index < -0.39 is 0 Å². The molecule has 0 amide bonds. The van der Waals surface area contributed by atoms with Gasteiger partial charge in [-0.3, -0.25) is 4.98 Å². The van der Waals surface area contributed by atoms with Crippen molar-refractivity contribution in [3.05, 3.63) is 128 Å². The van der Waals surface area contributed by atoms with Gasteiger partial charge < -0.3 is 0 Å². The van der Waals surface area contributed by atoms with E-state index in [1.807, 2.05) is 54.7 Å². The third-order valence-electron chi connectivity index (χ3n) is 4.46. The lowest BCUT2D eigenvalue weighted by Gasteiger charge is -2.07. The Morgan fingerprint density at radius 3 is 1.81 bits per heavy atom. The number of nitrogens with zero attached hydrogens (tertiary/aromatic N) is 1. The smallest absolute Gasteiger partial charge is 0.0705 e. The maximum absolute atomic E-state index is 4.49. The van der Waals surface area contributed by atoms with Crippen molar-refractivity contribution in [2.45, 2.75) is 6.42 Å². The minimum atomic E-state index is 1.01. The predicted octanol–water partition coefficient (Wildman–Crippen LogP) is 6.81. The van der Waals surface area contributed by atoms with E-state index in [1.165, 1.54) is 27.8 Å². The maximum Gasteiger partial charge on any atom is 0.0705 e. The Morgan fingerprint density at radius 2 is 1.15 bits per heavy atom. The van der Waals surface area contributed by atoms with Crippen molar-refractivity contribution in [3.8, 4) is 22.4 Å². The third kappa shape index (κ3) is 4.21. The van der Waals surface area contributed by atoms with E-state index in [0.29, 0.717) is 0 Å². The van der Waals surface area contributed by atoms with Crippen LogP contribution in [0.3, 0.4) is 0 Å². The van der Waals surface area contributed by atoms with Gasteiger partial charge in [-0.15, -0.1) is 13.2 Å². The van der Waals surface area contributed by atoms with Gasteiger partial charge in [-0.25, -0.2) is 0 Å². The molecule has 27 heavy (non-hydrogen) atoms. The highest BCUT2D eigenvalue weighted by atomic mass is 14.7. The Kier molecular flexibility index (Phi) is 6.32. The van der Waals surface area contributed by atoms with Crippen LogP contribution >= 0.6 is 0 Å². The monoisotopic (exact) mass is 349 g/mol. The summed E-state index contributed by atoms with van der Waals surface area (Å²) in [4.78, 5) is 4.49. The largest absolute Gasteiger partial charge is 0.256 e. The molecule has 0 saturated carbocycles. The summed E-state index contributed by atoms with van der Waals surface area (Å²) in [5.74, 6) is 0. The molecule has 4 aromatic rings. The molecular weight excluding hydrogens is 326 g/mol. The van der Waals surface area contributed by atoms with Gasteiger partial charge in [0.25, 0.3) is 0 Å². The Labute approximate surface area is 161 Å². The van der Waals surface area contributed by atoms with Crippen molar-refractivity contribution >= 4 is 0 Å². The number of benzene rings is 3. The Morgan fingerprint density at radius 1 is 0.556 bits per heavy atom. The maximum atomic E-state index is 4.49. The molecule has 0 atom stereocenters. The molecule has 0 radical (unpaired) electrons. The molecule has 132 valence electrons. The number of fused-ring (bicyclic) bond motifs is 3. The van der Waals surface area contributed by atoms with Crippen LogP contribution in [0.4, 0.5) is 0 Å². The van der Waals surface area contributed by atoms with Gasteiger partial charge in [0.05, 0.1) is 5.69 Å². The second-order valence-electron chi connectivity index (χ2n) is 6.04. The molecule has 0 unspecified atom stereocenters. The molecule has 0 N–H and O–H groups in total. The van der Waals surface area contributed by atoms with Crippen LogP contribution < -0.4 is 0 Å². The summed E-state index contributed by atoms with van der Waals surface area (Å²) in [5.41, 5.74) is 7.87. The van der Waals surface area contributed by atoms with Crippen molar-refractivity contribution < 1.29 is 0 Å². The van der Waals surface area contributed by atoms with Gasteiger partial charge in [-0.2, -0.15) is 0 Å². The number of rotatable bonds is 1. The van der Waals surface area contributed by atoms with Gasteiger partial charge in [-0.1, -0.05) is 84.9 Å². The zero-order chi connectivity index (χ0) is 18.9.